The van der Waals surface area contributed by atoms with Crippen LogP contribution in [0, 0.1) is 5.82 Å². The molecule has 8 heteroatoms. The van der Waals surface area contributed by atoms with Gasteiger partial charge in [0.1, 0.15) is 11.6 Å². The molecule has 0 atom stereocenters. The normalized spacial score (nSPS) is 10.8. The Labute approximate surface area is 155 Å². The van der Waals surface area contributed by atoms with Crippen molar-refractivity contribution in [3.05, 3.63) is 66.0 Å². The van der Waals surface area contributed by atoms with Crippen LogP contribution in [-0.2, 0) is 6.54 Å². The van der Waals surface area contributed by atoms with Gasteiger partial charge in [0.15, 0.2) is 0 Å². The van der Waals surface area contributed by atoms with Crippen LogP contribution in [0.3, 0.4) is 0 Å². The summed E-state index contributed by atoms with van der Waals surface area (Å²) in [6.45, 7) is -0.00198. The lowest BCUT2D eigenvalue weighted by atomic mass is 10.2. The third-order valence-corrected chi connectivity index (χ3v) is 3.53. The lowest BCUT2D eigenvalue weighted by molar-refractivity contribution is 0.346. The van der Waals surface area contributed by atoms with Crippen LogP contribution in [0.25, 0.3) is 0 Å². The number of hydrogen-bond acceptors (Lipinski definition) is 7. The molecule has 0 radical (unpaired) electrons. The number of methoxy groups -OCH3 is 2. The third-order valence-electron chi connectivity index (χ3n) is 3.53. The van der Waals surface area contributed by atoms with E-state index in [-0.39, 0.29) is 35.6 Å². The predicted molar refractivity (Wildman–Crippen MR) is 96.3 cm³/mol. The minimum Gasteiger partial charge on any atom is -0.481 e. The van der Waals surface area contributed by atoms with Crippen LogP contribution in [0.4, 0.5) is 10.1 Å². The Balaban J connectivity index is 1.84. The van der Waals surface area contributed by atoms with Gasteiger partial charge in [0, 0.05) is 0 Å². The number of hydrogen-bond donors (Lipinski definition) is 0. The van der Waals surface area contributed by atoms with E-state index in [4.69, 9.17) is 14.2 Å². The largest absolute Gasteiger partial charge is 0.481 e. The first kappa shape index (κ1) is 18.2. The number of nitrogens with zero attached hydrogens (tertiary/aromatic N) is 4. The van der Waals surface area contributed by atoms with Crippen molar-refractivity contribution in [3.63, 3.8) is 0 Å². The number of azo groups is 1. The van der Waals surface area contributed by atoms with Gasteiger partial charge in [-0.25, -0.2) is 4.39 Å². The van der Waals surface area contributed by atoms with E-state index in [1.807, 2.05) is 18.2 Å². The van der Waals surface area contributed by atoms with Gasteiger partial charge in [-0.05, 0) is 24.3 Å². The molecule has 0 saturated heterocycles. The van der Waals surface area contributed by atoms with Gasteiger partial charge in [-0.2, -0.15) is 20.2 Å². The maximum absolute atomic E-state index is 14.3. The molecule has 0 saturated carbocycles. The summed E-state index contributed by atoms with van der Waals surface area (Å²) in [6.07, 6.45) is 0. The van der Waals surface area contributed by atoms with Gasteiger partial charge >= 0.3 is 6.01 Å². The van der Waals surface area contributed by atoms with Crippen LogP contribution in [-0.4, -0.2) is 24.2 Å². The number of halogens is 1. The molecule has 0 unspecified atom stereocenters. The highest BCUT2D eigenvalue weighted by Crippen LogP contribution is 2.29. The fraction of sp³-hybridized carbons (Fsp3) is 0.158. The minimum absolute atomic E-state index is 0.00198. The second-order valence-electron chi connectivity index (χ2n) is 5.29. The van der Waals surface area contributed by atoms with Crippen molar-refractivity contribution < 1.29 is 18.6 Å². The summed E-state index contributed by atoms with van der Waals surface area (Å²) in [6, 6.07) is 15.1. The Bertz CT molecular complexity index is 913. The lowest BCUT2D eigenvalue weighted by Crippen LogP contribution is -2.00. The van der Waals surface area contributed by atoms with E-state index < -0.39 is 5.82 Å². The zero-order valence-electron chi connectivity index (χ0n) is 14.8. The van der Waals surface area contributed by atoms with Crippen molar-refractivity contribution in [1.29, 1.82) is 0 Å². The SMILES string of the molecule is COc1cc(OC)nc(Oc2cccc(F)c2CN=Nc2ccccc2)n1. The molecule has 3 aromatic rings. The van der Waals surface area contributed by atoms with Crippen molar-refractivity contribution in [1.82, 2.24) is 9.97 Å². The summed E-state index contributed by atoms with van der Waals surface area (Å²) in [5.74, 6) is 0.295. The molecular formula is C19H17FN4O3. The minimum atomic E-state index is -0.464. The van der Waals surface area contributed by atoms with E-state index in [0.717, 1.165) is 0 Å². The van der Waals surface area contributed by atoms with E-state index in [2.05, 4.69) is 20.2 Å². The topological polar surface area (TPSA) is 78.2 Å². The number of benzene rings is 2. The highest BCUT2D eigenvalue weighted by atomic mass is 19.1. The summed E-state index contributed by atoms with van der Waals surface area (Å²) in [5.41, 5.74) is 0.916. The van der Waals surface area contributed by atoms with Gasteiger partial charge in [-0.3, -0.25) is 0 Å². The van der Waals surface area contributed by atoms with Crippen LogP contribution in [0.5, 0.6) is 23.5 Å². The summed E-state index contributed by atoms with van der Waals surface area (Å²) in [4.78, 5) is 8.16. The molecule has 0 spiro atoms. The first-order chi connectivity index (χ1) is 13.2. The second-order valence-corrected chi connectivity index (χ2v) is 5.29. The molecule has 138 valence electrons. The molecule has 0 amide bonds. The molecule has 0 fully saturated rings. The Morgan fingerprint density at radius 1 is 0.926 bits per heavy atom. The molecule has 0 N–H and O–H groups in total. The average Bonchev–Trinajstić information content (AvgIpc) is 2.70. The quantitative estimate of drug-likeness (QED) is 0.564. The van der Waals surface area contributed by atoms with E-state index in [1.54, 1.807) is 18.2 Å². The lowest BCUT2D eigenvalue weighted by Gasteiger charge is -2.10. The number of aromatic nitrogens is 2. The van der Waals surface area contributed by atoms with E-state index in [1.165, 1.54) is 32.4 Å². The number of rotatable bonds is 7. The molecular weight excluding hydrogens is 351 g/mol. The molecule has 7 nitrogen and oxygen atoms in total. The number of ether oxygens (including phenoxy) is 3. The Morgan fingerprint density at radius 2 is 1.63 bits per heavy atom. The van der Waals surface area contributed by atoms with Crippen molar-refractivity contribution in [3.8, 4) is 23.5 Å². The summed E-state index contributed by atoms with van der Waals surface area (Å²) in [7, 11) is 2.92. The van der Waals surface area contributed by atoms with E-state index >= 15 is 0 Å². The van der Waals surface area contributed by atoms with Gasteiger partial charge < -0.3 is 14.2 Å². The Morgan fingerprint density at radius 3 is 2.30 bits per heavy atom. The van der Waals surface area contributed by atoms with Crippen molar-refractivity contribution in [2.45, 2.75) is 6.54 Å². The second kappa shape index (κ2) is 8.70. The van der Waals surface area contributed by atoms with Crippen LogP contribution in [0.2, 0.25) is 0 Å². The van der Waals surface area contributed by atoms with Gasteiger partial charge in [0.2, 0.25) is 11.8 Å². The molecule has 0 aliphatic carbocycles. The van der Waals surface area contributed by atoms with Crippen LogP contribution in [0.15, 0.2) is 64.8 Å². The van der Waals surface area contributed by atoms with Crippen molar-refractivity contribution in [2.24, 2.45) is 10.2 Å². The van der Waals surface area contributed by atoms with Crippen LogP contribution < -0.4 is 14.2 Å². The first-order valence-corrected chi connectivity index (χ1v) is 8.04. The van der Waals surface area contributed by atoms with Crippen LogP contribution in [0.1, 0.15) is 5.56 Å². The van der Waals surface area contributed by atoms with E-state index in [0.29, 0.717) is 5.69 Å². The first-order valence-electron chi connectivity index (χ1n) is 8.04. The van der Waals surface area contributed by atoms with Crippen LogP contribution >= 0.6 is 0 Å². The van der Waals surface area contributed by atoms with Gasteiger partial charge in [-0.15, -0.1) is 0 Å². The molecule has 1 heterocycles. The zero-order valence-corrected chi connectivity index (χ0v) is 14.8. The van der Waals surface area contributed by atoms with Gasteiger partial charge in [-0.1, -0.05) is 24.3 Å². The van der Waals surface area contributed by atoms with Crippen molar-refractivity contribution in [2.75, 3.05) is 14.2 Å². The highest BCUT2D eigenvalue weighted by Gasteiger charge is 2.13. The summed E-state index contributed by atoms with van der Waals surface area (Å²) < 4.78 is 30.1. The highest BCUT2D eigenvalue weighted by molar-refractivity contribution is 5.38. The maximum Gasteiger partial charge on any atom is 0.328 e. The maximum atomic E-state index is 14.3. The van der Waals surface area contributed by atoms with Gasteiger partial charge in [0.05, 0.1) is 38.1 Å². The standard InChI is InChI=1S/C19H17FN4O3/c1-25-17-11-18(26-2)23-19(22-17)27-16-10-6-9-15(20)14(16)12-21-24-13-7-4-3-5-8-13/h3-11H,12H2,1-2H3. The molecule has 3 rings (SSSR count). The molecule has 0 aliphatic rings. The van der Waals surface area contributed by atoms with Gasteiger partial charge in [0.25, 0.3) is 0 Å². The van der Waals surface area contributed by atoms with E-state index in [9.17, 15) is 4.39 Å². The zero-order chi connectivity index (χ0) is 19.1. The summed E-state index contributed by atoms with van der Waals surface area (Å²) >= 11 is 0. The summed E-state index contributed by atoms with van der Waals surface area (Å²) in [5, 5.41) is 8.13. The fourth-order valence-corrected chi connectivity index (χ4v) is 2.21. The molecule has 0 bridgehead atoms. The molecule has 2 aromatic carbocycles. The molecule has 1 aromatic heterocycles. The van der Waals surface area contributed by atoms with Crippen molar-refractivity contribution >= 4 is 5.69 Å². The predicted octanol–water partition coefficient (Wildman–Crippen LogP) is 4.71. The Hall–Kier alpha value is -3.55. The monoisotopic (exact) mass is 368 g/mol. The third kappa shape index (κ3) is 4.75. The average molecular weight is 368 g/mol. The fourth-order valence-electron chi connectivity index (χ4n) is 2.21. The Kier molecular flexibility index (Phi) is 5.88. The molecule has 0 aliphatic heterocycles. The smallest absolute Gasteiger partial charge is 0.328 e. The molecule has 27 heavy (non-hydrogen) atoms.